The summed E-state index contributed by atoms with van der Waals surface area (Å²) in [5.74, 6) is 0. The first-order valence-electron chi connectivity index (χ1n) is 9.28. The van der Waals surface area contributed by atoms with E-state index in [1.54, 1.807) is 0 Å². The molecular weight excluding hydrogens is 284 g/mol. The Balaban J connectivity index is 0.000000924. The molecule has 1 aromatic carbocycles. The number of rotatable bonds is 4. The molecule has 0 aromatic heterocycles. The fraction of sp³-hybridized carbons (Fsp3) is 0.700. The van der Waals surface area contributed by atoms with Crippen molar-refractivity contribution in [3.05, 3.63) is 35.9 Å². The van der Waals surface area contributed by atoms with Crippen LogP contribution in [0.2, 0.25) is 0 Å². The Morgan fingerprint density at radius 3 is 2.17 bits per heavy atom. The first-order valence-corrected chi connectivity index (χ1v) is 9.28. The van der Waals surface area contributed by atoms with E-state index < -0.39 is 0 Å². The third-order valence-corrected chi connectivity index (χ3v) is 5.13. The normalized spacial score (nSPS) is 22.2. The van der Waals surface area contributed by atoms with Gasteiger partial charge < -0.3 is 9.64 Å². The maximum absolute atomic E-state index is 5.51. The highest BCUT2D eigenvalue weighted by Gasteiger charge is 2.35. The molecule has 1 aromatic rings. The third kappa shape index (κ3) is 5.59. The lowest BCUT2D eigenvalue weighted by atomic mass is 9.73. The average molecular weight is 319 g/mol. The second-order valence-electron chi connectivity index (χ2n) is 6.85. The molecule has 2 aliphatic rings. The molecule has 0 unspecified atom stereocenters. The molecule has 2 saturated heterocycles. The molecule has 2 heterocycles. The van der Waals surface area contributed by atoms with E-state index in [0.29, 0.717) is 5.41 Å². The molecule has 0 radical (unpaired) electrons. The van der Waals surface area contributed by atoms with Crippen LogP contribution in [0.3, 0.4) is 0 Å². The van der Waals surface area contributed by atoms with Gasteiger partial charge in [0, 0.05) is 19.6 Å². The second-order valence-corrected chi connectivity index (χ2v) is 6.85. The van der Waals surface area contributed by atoms with Crippen molar-refractivity contribution >= 4 is 0 Å². The van der Waals surface area contributed by atoms with Crippen LogP contribution in [0.5, 0.6) is 0 Å². The predicted molar refractivity (Wildman–Crippen MR) is 97.9 cm³/mol. The zero-order valence-electron chi connectivity index (χ0n) is 15.3. The predicted octanol–water partition coefficient (Wildman–Crippen LogP) is 3.30. The zero-order chi connectivity index (χ0) is 16.5. The first kappa shape index (κ1) is 18.4. The molecule has 0 amide bonds. The summed E-state index contributed by atoms with van der Waals surface area (Å²) in [6.07, 6.45) is 3.85. The largest absolute Gasteiger partial charge is 0.379 e. The average Bonchev–Trinajstić information content (AvgIpc) is 2.61. The number of nitrogens with zero attached hydrogens (tertiary/aromatic N) is 2. The standard InChI is InChI=1S/C18H28N2O.C2H6/c1-19-9-7-18(8-10-19,15-17-5-3-2-4-6-17)16-20-11-13-21-14-12-20;1-2/h2-6H,7-16H2,1H3;1-2H3. The quantitative estimate of drug-likeness (QED) is 0.847. The van der Waals surface area contributed by atoms with Gasteiger partial charge in [0.05, 0.1) is 13.2 Å². The number of benzene rings is 1. The smallest absolute Gasteiger partial charge is 0.0594 e. The Morgan fingerprint density at radius 1 is 0.957 bits per heavy atom. The maximum Gasteiger partial charge on any atom is 0.0594 e. The van der Waals surface area contributed by atoms with E-state index in [4.69, 9.17) is 4.74 Å². The highest BCUT2D eigenvalue weighted by Crippen LogP contribution is 2.36. The van der Waals surface area contributed by atoms with Crippen LogP contribution in [0, 0.1) is 5.41 Å². The number of morpholine rings is 1. The van der Waals surface area contributed by atoms with Crippen molar-refractivity contribution in [3.8, 4) is 0 Å². The summed E-state index contributed by atoms with van der Waals surface area (Å²) in [7, 11) is 2.25. The lowest BCUT2D eigenvalue weighted by Gasteiger charge is -2.44. The number of likely N-dealkylation sites (tertiary alicyclic amines) is 1. The topological polar surface area (TPSA) is 15.7 Å². The molecule has 130 valence electrons. The summed E-state index contributed by atoms with van der Waals surface area (Å²) in [6, 6.07) is 11.0. The van der Waals surface area contributed by atoms with Crippen LogP contribution >= 0.6 is 0 Å². The molecule has 0 aliphatic carbocycles. The lowest BCUT2D eigenvalue weighted by molar-refractivity contribution is 0.000587. The molecule has 3 nitrogen and oxygen atoms in total. The number of ether oxygens (including phenoxy) is 1. The molecule has 0 bridgehead atoms. The minimum atomic E-state index is 0.450. The van der Waals surface area contributed by atoms with Gasteiger partial charge in [-0.1, -0.05) is 44.2 Å². The van der Waals surface area contributed by atoms with Crippen molar-refractivity contribution in [3.63, 3.8) is 0 Å². The molecule has 3 rings (SSSR count). The van der Waals surface area contributed by atoms with Crippen LogP contribution < -0.4 is 0 Å². The Kier molecular flexibility index (Phi) is 7.54. The molecule has 2 aliphatic heterocycles. The van der Waals surface area contributed by atoms with Crippen LogP contribution in [0.4, 0.5) is 0 Å². The van der Waals surface area contributed by atoms with Gasteiger partial charge in [0.1, 0.15) is 0 Å². The zero-order valence-corrected chi connectivity index (χ0v) is 15.3. The first-order chi connectivity index (χ1) is 11.3. The summed E-state index contributed by atoms with van der Waals surface area (Å²) in [5.41, 5.74) is 1.95. The molecule has 23 heavy (non-hydrogen) atoms. The lowest BCUT2D eigenvalue weighted by Crippen LogP contribution is -2.49. The molecule has 0 N–H and O–H groups in total. The van der Waals surface area contributed by atoms with Gasteiger partial charge in [0.25, 0.3) is 0 Å². The van der Waals surface area contributed by atoms with Gasteiger partial charge in [-0.05, 0) is 50.4 Å². The summed E-state index contributed by atoms with van der Waals surface area (Å²) < 4.78 is 5.51. The van der Waals surface area contributed by atoms with Crippen molar-refractivity contribution in [2.24, 2.45) is 5.41 Å². The third-order valence-electron chi connectivity index (χ3n) is 5.13. The minimum absolute atomic E-state index is 0.450. The van der Waals surface area contributed by atoms with Crippen LogP contribution in [0.25, 0.3) is 0 Å². The van der Waals surface area contributed by atoms with Gasteiger partial charge in [0.15, 0.2) is 0 Å². The molecule has 0 saturated carbocycles. The Labute approximate surface area is 142 Å². The van der Waals surface area contributed by atoms with Crippen LogP contribution in [-0.2, 0) is 11.2 Å². The van der Waals surface area contributed by atoms with E-state index >= 15 is 0 Å². The van der Waals surface area contributed by atoms with Gasteiger partial charge >= 0.3 is 0 Å². The van der Waals surface area contributed by atoms with Gasteiger partial charge in [0.2, 0.25) is 0 Å². The van der Waals surface area contributed by atoms with E-state index in [1.807, 2.05) is 13.8 Å². The van der Waals surface area contributed by atoms with Crippen molar-refractivity contribution in [2.45, 2.75) is 33.1 Å². The van der Waals surface area contributed by atoms with Gasteiger partial charge in [-0.15, -0.1) is 0 Å². The highest BCUT2D eigenvalue weighted by atomic mass is 16.5. The molecule has 0 spiro atoms. The Bertz CT molecular complexity index is 421. The van der Waals surface area contributed by atoms with Crippen molar-refractivity contribution in [1.29, 1.82) is 0 Å². The summed E-state index contributed by atoms with van der Waals surface area (Å²) >= 11 is 0. The van der Waals surface area contributed by atoms with Crippen LogP contribution in [0.1, 0.15) is 32.3 Å². The molecular formula is C20H34N2O. The van der Waals surface area contributed by atoms with Crippen LogP contribution in [0.15, 0.2) is 30.3 Å². The maximum atomic E-state index is 5.51. The van der Waals surface area contributed by atoms with E-state index in [2.05, 4.69) is 47.2 Å². The van der Waals surface area contributed by atoms with Crippen molar-refractivity contribution in [1.82, 2.24) is 9.80 Å². The SMILES string of the molecule is CC.CN1CCC(Cc2ccccc2)(CN2CCOCC2)CC1. The summed E-state index contributed by atoms with van der Waals surface area (Å²) in [4.78, 5) is 5.10. The second kappa shape index (κ2) is 9.41. The number of hydrogen-bond donors (Lipinski definition) is 0. The fourth-order valence-electron chi connectivity index (χ4n) is 3.75. The molecule has 0 atom stereocenters. The van der Waals surface area contributed by atoms with Crippen molar-refractivity contribution < 1.29 is 4.74 Å². The Morgan fingerprint density at radius 2 is 1.57 bits per heavy atom. The number of piperidine rings is 1. The highest BCUT2D eigenvalue weighted by molar-refractivity contribution is 5.17. The minimum Gasteiger partial charge on any atom is -0.379 e. The van der Waals surface area contributed by atoms with E-state index in [9.17, 15) is 0 Å². The van der Waals surface area contributed by atoms with E-state index in [0.717, 1.165) is 26.3 Å². The van der Waals surface area contributed by atoms with Gasteiger partial charge in [-0.25, -0.2) is 0 Å². The van der Waals surface area contributed by atoms with E-state index in [-0.39, 0.29) is 0 Å². The molecule has 2 fully saturated rings. The molecule has 3 heteroatoms. The summed E-state index contributed by atoms with van der Waals surface area (Å²) in [6.45, 7) is 11.7. The Hall–Kier alpha value is -0.900. The van der Waals surface area contributed by atoms with Crippen molar-refractivity contribution in [2.75, 3.05) is 53.0 Å². The fourth-order valence-corrected chi connectivity index (χ4v) is 3.75. The van der Waals surface area contributed by atoms with Gasteiger partial charge in [-0.2, -0.15) is 0 Å². The number of hydrogen-bond acceptors (Lipinski definition) is 3. The van der Waals surface area contributed by atoms with Gasteiger partial charge in [-0.3, -0.25) is 4.90 Å². The summed E-state index contributed by atoms with van der Waals surface area (Å²) in [5, 5.41) is 0. The monoisotopic (exact) mass is 318 g/mol. The van der Waals surface area contributed by atoms with E-state index in [1.165, 1.54) is 44.5 Å². The van der Waals surface area contributed by atoms with Crippen LogP contribution in [-0.4, -0.2) is 62.8 Å².